The third-order valence-electron chi connectivity index (χ3n) is 7.06. The number of amides is 1. The van der Waals surface area contributed by atoms with E-state index in [1.54, 1.807) is 10.8 Å². The molecule has 270 valence electrons. The van der Waals surface area contributed by atoms with Crippen molar-refractivity contribution >= 4 is 46.2 Å². The first-order chi connectivity index (χ1) is 22.6. The lowest BCUT2D eigenvalue weighted by Gasteiger charge is -2.19. The molecule has 1 aliphatic heterocycles. The van der Waals surface area contributed by atoms with Gasteiger partial charge in [-0.15, -0.1) is 0 Å². The van der Waals surface area contributed by atoms with Gasteiger partial charge < -0.3 is 50.1 Å². The number of anilines is 1. The molecule has 0 radical (unpaired) electrons. The Morgan fingerprint density at radius 1 is 1.02 bits per heavy atom. The van der Waals surface area contributed by atoms with Crippen LogP contribution in [-0.4, -0.2) is 82.2 Å². The van der Waals surface area contributed by atoms with Crippen LogP contribution in [0.2, 0.25) is 0 Å². The number of nitrogen functional groups attached to an aromatic ring is 1. The predicted octanol–water partition coefficient (Wildman–Crippen LogP) is 2.37. The fourth-order valence-corrected chi connectivity index (χ4v) is 7.89. The number of carbonyl (C=O) groups excluding carboxylic acids is 1. The van der Waals surface area contributed by atoms with Crippen LogP contribution in [0.5, 0.6) is 0 Å². The van der Waals surface area contributed by atoms with E-state index >= 15 is 0 Å². The van der Waals surface area contributed by atoms with E-state index in [-0.39, 0.29) is 24.8 Å². The number of unbranched alkanes of at least 4 members (excludes halogenated alkanes) is 7. The Kier molecular flexibility index (Phi) is 15.6. The number of phosphoric ester groups is 1. The van der Waals surface area contributed by atoms with Crippen molar-refractivity contribution in [2.75, 3.05) is 25.5 Å². The molecule has 2 unspecified atom stereocenters. The second-order valence-electron chi connectivity index (χ2n) is 10.9. The molecule has 0 bridgehead atoms. The number of hydrogen-bond donors (Lipinski definition) is 8. The standard InChI is InChI=1S/C26H42N5O14P3/c27-25-24-19(11-7-6-9-13-28-22(34)12-8-4-2-1-3-5-10-14-32)16-31(26(24)30-18-29-25)23-15-20(33)21(43-23)17-42-47(38,39)45-48(40,41)44-46(35,36)37/h16,18,20-21,23,32-33H,1-6,8-10,12-15,17H2,(H,28,34)(H,38,39)(H,40,41)(H2,27,29,30)(H2,35,36,37)/t20-,21+,23+/m0/s1. The molecule has 0 aliphatic carbocycles. The number of nitrogens with two attached hydrogens (primary N) is 1. The van der Waals surface area contributed by atoms with E-state index in [4.69, 9.17) is 25.4 Å². The van der Waals surface area contributed by atoms with Gasteiger partial charge in [0.05, 0.1) is 23.7 Å². The summed E-state index contributed by atoms with van der Waals surface area (Å²) in [6.07, 6.45) is 7.90. The number of phosphoric acid groups is 3. The second-order valence-corrected chi connectivity index (χ2v) is 15.4. The maximum absolute atomic E-state index is 12.1. The van der Waals surface area contributed by atoms with Crippen molar-refractivity contribution < 1.29 is 66.2 Å². The third-order valence-corrected chi connectivity index (χ3v) is 10.9. The topological polar surface area (TPSA) is 295 Å². The molecule has 2 aromatic heterocycles. The van der Waals surface area contributed by atoms with E-state index in [1.807, 2.05) is 0 Å². The van der Waals surface area contributed by atoms with Gasteiger partial charge in [-0.1, -0.05) is 43.9 Å². The highest BCUT2D eigenvalue weighted by atomic mass is 31.3. The molecular formula is C26H42N5O14P3. The third kappa shape index (κ3) is 13.6. The summed E-state index contributed by atoms with van der Waals surface area (Å²) < 4.78 is 53.7. The number of nitrogens with zero attached hydrogens (tertiary/aromatic N) is 3. The zero-order valence-electron chi connectivity index (χ0n) is 26.0. The molecule has 1 saturated heterocycles. The van der Waals surface area contributed by atoms with Gasteiger partial charge in [-0.05, 0) is 19.3 Å². The van der Waals surface area contributed by atoms with Crippen molar-refractivity contribution in [1.82, 2.24) is 19.9 Å². The molecule has 9 N–H and O–H groups in total. The van der Waals surface area contributed by atoms with Crippen LogP contribution in [0.1, 0.15) is 82.4 Å². The van der Waals surface area contributed by atoms with E-state index in [0.717, 1.165) is 44.9 Å². The molecule has 48 heavy (non-hydrogen) atoms. The van der Waals surface area contributed by atoms with Gasteiger partial charge in [0.15, 0.2) is 0 Å². The Balaban J connectivity index is 1.52. The van der Waals surface area contributed by atoms with E-state index in [9.17, 15) is 33.4 Å². The van der Waals surface area contributed by atoms with Crippen LogP contribution in [0, 0.1) is 11.8 Å². The van der Waals surface area contributed by atoms with Gasteiger partial charge in [-0.2, -0.15) is 8.62 Å². The number of aromatic nitrogens is 3. The number of aliphatic hydroxyl groups is 2. The first-order valence-corrected chi connectivity index (χ1v) is 19.7. The van der Waals surface area contributed by atoms with Gasteiger partial charge in [0.25, 0.3) is 0 Å². The average Bonchev–Trinajstić information content (AvgIpc) is 3.54. The van der Waals surface area contributed by atoms with Crippen LogP contribution >= 0.6 is 23.5 Å². The maximum Gasteiger partial charge on any atom is 0.490 e. The first-order valence-electron chi connectivity index (χ1n) is 15.2. The van der Waals surface area contributed by atoms with Crippen LogP contribution in [0.25, 0.3) is 11.0 Å². The van der Waals surface area contributed by atoms with Gasteiger partial charge >= 0.3 is 23.5 Å². The number of fused-ring (bicyclic) bond motifs is 1. The van der Waals surface area contributed by atoms with Crippen molar-refractivity contribution in [3.05, 3.63) is 18.1 Å². The number of aliphatic hydroxyl groups excluding tert-OH is 2. The predicted molar refractivity (Wildman–Crippen MR) is 169 cm³/mol. The van der Waals surface area contributed by atoms with Gasteiger partial charge in [0.1, 0.15) is 30.1 Å². The summed E-state index contributed by atoms with van der Waals surface area (Å²) in [4.78, 5) is 56.7. The molecule has 2 aromatic rings. The van der Waals surface area contributed by atoms with Gasteiger partial charge in [0.2, 0.25) is 5.91 Å². The number of rotatable bonds is 20. The Morgan fingerprint density at radius 3 is 2.40 bits per heavy atom. The lowest BCUT2D eigenvalue weighted by atomic mass is 10.1. The highest BCUT2D eigenvalue weighted by Gasteiger charge is 2.43. The van der Waals surface area contributed by atoms with Crippen molar-refractivity contribution in [3.8, 4) is 11.8 Å². The zero-order valence-corrected chi connectivity index (χ0v) is 28.7. The van der Waals surface area contributed by atoms with Crippen LogP contribution in [0.3, 0.4) is 0 Å². The SMILES string of the molecule is Nc1ncnc2c1c(C#CCCCNC(=O)CCCCCCCCCO)cn2[C@H]1C[C@H](O)[C@@H](COP(=O)(O)OP(=O)(O)OP(=O)(O)O)O1. The van der Waals surface area contributed by atoms with Crippen LogP contribution in [-0.2, 0) is 36.4 Å². The lowest BCUT2D eigenvalue weighted by Crippen LogP contribution is -2.26. The fourth-order valence-electron chi connectivity index (χ4n) is 4.86. The van der Waals surface area contributed by atoms with E-state index in [2.05, 4.69) is 40.3 Å². The lowest BCUT2D eigenvalue weighted by molar-refractivity contribution is -0.121. The molecule has 1 fully saturated rings. The van der Waals surface area contributed by atoms with Crippen molar-refractivity contribution in [1.29, 1.82) is 0 Å². The maximum atomic E-state index is 12.1. The van der Waals surface area contributed by atoms with Crippen molar-refractivity contribution in [3.63, 3.8) is 0 Å². The highest BCUT2D eigenvalue weighted by Crippen LogP contribution is 2.66. The van der Waals surface area contributed by atoms with Crippen LogP contribution in [0.15, 0.2) is 12.5 Å². The normalized spacial score (nSPS) is 20.6. The fraction of sp³-hybridized carbons (Fsp3) is 0.654. The molecule has 3 heterocycles. The zero-order chi connectivity index (χ0) is 35.4. The number of ether oxygens (including phenoxy) is 1. The number of nitrogens with one attached hydrogen (secondary N) is 1. The van der Waals surface area contributed by atoms with E-state index in [1.165, 1.54) is 6.33 Å². The molecule has 1 amide bonds. The Morgan fingerprint density at radius 2 is 1.71 bits per heavy atom. The Bertz CT molecular complexity index is 1570. The molecule has 1 aliphatic rings. The van der Waals surface area contributed by atoms with Crippen LogP contribution in [0.4, 0.5) is 5.82 Å². The molecule has 0 aromatic carbocycles. The van der Waals surface area contributed by atoms with Crippen molar-refractivity contribution in [2.24, 2.45) is 0 Å². The molecule has 3 rings (SSSR count). The monoisotopic (exact) mass is 741 g/mol. The van der Waals surface area contributed by atoms with Crippen LogP contribution < -0.4 is 11.1 Å². The van der Waals surface area contributed by atoms with Gasteiger partial charge in [-0.25, -0.2) is 23.7 Å². The number of hydrogen-bond acceptors (Lipinski definition) is 13. The quantitative estimate of drug-likeness (QED) is 0.0549. The minimum Gasteiger partial charge on any atom is -0.396 e. The minimum absolute atomic E-state index is 0.00432. The Labute approximate surface area is 276 Å². The first kappa shape index (κ1) is 40.2. The summed E-state index contributed by atoms with van der Waals surface area (Å²) in [5, 5.41) is 22.6. The highest BCUT2D eigenvalue weighted by molar-refractivity contribution is 7.66. The molecule has 22 heteroatoms. The second kappa shape index (κ2) is 18.7. The molecule has 0 spiro atoms. The average molecular weight is 742 g/mol. The molecule has 5 atom stereocenters. The van der Waals surface area contributed by atoms with Gasteiger partial charge in [0, 0.05) is 38.6 Å². The molecule has 0 saturated carbocycles. The summed E-state index contributed by atoms with van der Waals surface area (Å²) in [7, 11) is -16.7. The van der Waals surface area contributed by atoms with Gasteiger partial charge in [-0.3, -0.25) is 9.32 Å². The smallest absolute Gasteiger partial charge is 0.396 e. The minimum atomic E-state index is -5.70. The summed E-state index contributed by atoms with van der Waals surface area (Å²) in [6.45, 7) is -0.127. The van der Waals surface area contributed by atoms with E-state index in [0.29, 0.717) is 42.4 Å². The summed E-state index contributed by atoms with van der Waals surface area (Å²) in [5.74, 6) is 6.21. The molecular weight excluding hydrogens is 699 g/mol. The number of carbonyl (C=O) groups is 1. The van der Waals surface area contributed by atoms with Crippen molar-refractivity contribution in [2.45, 2.75) is 89.1 Å². The van der Waals surface area contributed by atoms with E-state index < -0.39 is 48.5 Å². The summed E-state index contributed by atoms with van der Waals surface area (Å²) in [6, 6.07) is 0. The molecule has 19 nitrogen and oxygen atoms in total. The Hall–Kier alpha value is -2.26. The largest absolute Gasteiger partial charge is 0.490 e. The summed E-state index contributed by atoms with van der Waals surface area (Å²) in [5.41, 5.74) is 6.90. The summed E-state index contributed by atoms with van der Waals surface area (Å²) >= 11 is 0.